The van der Waals surface area contributed by atoms with Gasteiger partial charge in [-0.15, -0.1) is 0 Å². The maximum absolute atomic E-state index is 13.4. The first kappa shape index (κ1) is 16.5. The predicted molar refractivity (Wildman–Crippen MR) is 90.7 cm³/mol. The molecule has 2 rings (SSSR count). The summed E-state index contributed by atoms with van der Waals surface area (Å²) >= 11 is 10.2. The van der Waals surface area contributed by atoms with E-state index in [1.54, 1.807) is 12.1 Å². The van der Waals surface area contributed by atoms with Crippen LogP contribution >= 0.6 is 35.1 Å². The van der Waals surface area contributed by atoms with Gasteiger partial charge in [0.1, 0.15) is 5.82 Å². The number of thioether (sulfide) groups is 2. The monoisotopic (exact) mass is 333 g/mol. The summed E-state index contributed by atoms with van der Waals surface area (Å²) in [6.45, 7) is 4.58. The van der Waals surface area contributed by atoms with Crippen LogP contribution in [0.1, 0.15) is 19.4 Å². The van der Waals surface area contributed by atoms with Crippen molar-refractivity contribution in [1.82, 2.24) is 5.32 Å². The number of likely N-dealkylation sites (N-methyl/N-ethyl adjacent to an activating group) is 1. The zero-order valence-corrected chi connectivity index (χ0v) is 14.4. The van der Waals surface area contributed by atoms with Gasteiger partial charge in [-0.1, -0.05) is 25.4 Å². The van der Waals surface area contributed by atoms with E-state index in [-0.39, 0.29) is 5.82 Å². The van der Waals surface area contributed by atoms with E-state index < -0.39 is 0 Å². The summed E-state index contributed by atoms with van der Waals surface area (Å²) < 4.78 is 13.4. The van der Waals surface area contributed by atoms with Crippen LogP contribution in [0.15, 0.2) is 18.2 Å². The van der Waals surface area contributed by atoms with Crippen LogP contribution in [0.2, 0.25) is 5.02 Å². The molecule has 1 N–H and O–H groups in total. The lowest BCUT2D eigenvalue weighted by Gasteiger charge is -2.36. The molecule has 20 heavy (non-hydrogen) atoms. The second-order valence-corrected chi connectivity index (χ2v) is 8.69. The molecule has 4 atom stereocenters. The normalized spacial score (nSPS) is 28.4. The van der Waals surface area contributed by atoms with Crippen molar-refractivity contribution in [3.05, 3.63) is 34.6 Å². The molecular formula is C15H21ClFNS2. The molecule has 5 heteroatoms. The standard InChI is InChI=1S/C15H21ClFNS2/c1-9-10(2)20-15(8-19-9)14(18-3)7-11-6-12(17)4-5-13(11)16/h4-6,9-10,14-15,18H,7-8H2,1-3H3. The third kappa shape index (κ3) is 4.06. The molecule has 0 spiro atoms. The summed E-state index contributed by atoms with van der Waals surface area (Å²) in [7, 11) is 1.98. The lowest BCUT2D eigenvalue weighted by molar-refractivity contribution is 0.550. The third-order valence-corrected chi connectivity index (χ3v) is 7.76. The zero-order chi connectivity index (χ0) is 14.7. The van der Waals surface area contributed by atoms with Crippen LogP contribution in [-0.2, 0) is 6.42 Å². The Morgan fingerprint density at radius 2 is 2.15 bits per heavy atom. The first-order chi connectivity index (χ1) is 9.51. The maximum Gasteiger partial charge on any atom is 0.123 e. The summed E-state index contributed by atoms with van der Waals surface area (Å²) in [6, 6.07) is 4.93. The highest BCUT2D eigenvalue weighted by Crippen LogP contribution is 2.37. The molecule has 0 aromatic heterocycles. The van der Waals surface area contributed by atoms with Gasteiger partial charge < -0.3 is 5.32 Å². The second-order valence-electron chi connectivity index (χ2n) is 5.25. The fraction of sp³-hybridized carbons (Fsp3) is 0.600. The van der Waals surface area contributed by atoms with E-state index in [4.69, 9.17) is 11.6 Å². The van der Waals surface area contributed by atoms with E-state index in [1.165, 1.54) is 6.07 Å². The number of nitrogens with one attached hydrogen (secondary N) is 1. The second kappa shape index (κ2) is 7.39. The van der Waals surface area contributed by atoms with Crippen molar-refractivity contribution in [2.24, 2.45) is 0 Å². The number of hydrogen-bond donors (Lipinski definition) is 1. The van der Waals surface area contributed by atoms with Crippen LogP contribution in [0.25, 0.3) is 0 Å². The van der Waals surface area contributed by atoms with Gasteiger partial charge in [0.05, 0.1) is 0 Å². The molecule has 1 aromatic carbocycles. The Morgan fingerprint density at radius 3 is 2.80 bits per heavy atom. The Bertz CT molecular complexity index is 457. The molecule has 1 aliphatic rings. The number of benzene rings is 1. The molecule has 0 saturated carbocycles. The summed E-state index contributed by atoms with van der Waals surface area (Å²) in [4.78, 5) is 0. The van der Waals surface area contributed by atoms with Crippen LogP contribution < -0.4 is 5.32 Å². The van der Waals surface area contributed by atoms with E-state index >= 15 is 0 Å². The average molecular weight is 334 g/mol. The largest absolute Gasteiger partial charge is 0.316 e. The Kier molecular flexibility index (Phi) is 6.09. The highest BCUT2D eigenvalue weighted by atomic mass is 35.5. The molecule has 1 aliphatic heterocycles. The van der Waals surface area contributed by atoms with Crippen molar-refractivity contribution in [3.8, 4) is 0 Å². The highest BCUT2D eigenvalue weighted by Gasteiger charge is 2.30. The first-order valence-corrected chi connectivity index (χ1v) is 9.26. The molecule has 112 valence electrons. The van der Waals surface area contributed by atoms with Gasteiger partial charge in [-0.3, -0.25) is 0 Å². The SMILES string of the molecule is CNC(Cc1cc(F)ccc1Cl)C1CSC(C)C(C)S1. The molecule has 0 bridgehead atoms. The Labute approximate surface area is 134 Å². The van der Waals surface area contributed by atoms with Crippen molar-refractivity contribution >= 4 is 35.1 Å². The molecule has 0 amide bonds. The lowest BCUT2D eigenvalue weighted by atomic mass is 10.0. The van der Waals surface area contributed by atoms with Gasteiger partial charge in [-0.05, 0) is 37.2 Å². The number of hydrogen-bond acceptors (Lipinski definition) is 3. The highest BCUT2D eigenvalue weighted by molar-refractivity contribution is 8.07. The van der Waals surface area contributed by atoms with Crippen LogP contribution in [0.5, 0.6) is 0 Å². The van der Waals surface area contributed by atoms with Gasteiger partial charge in [0.25, 0.3) is 0 Å². The lowest BCUT2D eigenvalue weighted by Crippen LogP contribution is -2.43. The van der Waals surface area contributed by atoms with Crippen molar-refractivity contribution in [2.45, 2.75) is 42.1 Å². The van der Waals surface area contributed by atoms with Gasteiger partial charge in [0, 0.05) is 32.6 Å². The van der Waals surface area contributed by atoms with E-state index in [9.17, 15) is 4.39 Å². The molecule has 0 radical (unpaired) electrons. The minimum atomic E-state index is -0.216. The van der Waals surface area contributed by atoms with E-state index in [1.807, 2.05) is 30.6 Å². The van der Waals surface area contributed by atoms with Gasteiger partial charge in [-0.2, -0.15) is 23.5 Å². The third-order valence-electron chi connectivity index (χ3n) is 3.84. The fourth-order valence-electron chi connectivity index (χ4n) is 2.37. The van der Waals surface area contributed by atoms with Crippen molar-refractivity contribution < 1.29 is 4.39 Å². The maximum atomic E-state index is 13.4. The van der Waals surface area contributed by atoms with Crippen molar-refractivity contribution in [2.75, 3.05) is 12.8 Å². The van der Waals surface area contributed by atoms with Gasteiger partial charge in [0.15, 0.2) is 0 Å². The van der Waals surface area contributed by atoms with Crippen LogP contribution in [0.4, 0.5) is 4.39 Å². The molecule has 0 aliphatic carbocycles. The topological polar surface area (TPSA) is 12.0 Å². The van der Waals surface area contributed by atoms with Crippen LogP contribution in [-0.4, -0.2) is 34.6 Å². The minimum Gasteiger partial charge on any atom is -0.316 e. The van der Waals surface area contributed by atoms with E-state index in [0.29, 0.717) is 26.8 Å². The van der Waals surface area contributed by atoms with Gasteiger partial charge >= 0.3 is 0 Å². The molecular weight excluding hydrogens is 313 g/mol. The van der Waals surface area contributed by atoms with Crippen molar-refractivity contribution in [1.29, 1.82) is 0 Å². The van der Waals surface area contributed by atoms with E-state index in [2.05, 4.69) is 19.2 Å². The zero-order valence-electron chi connectivity index (χ0n) is 12.0. The Morgan fingerprint density at radius 1 is 1.40 bits per heavy atom. The quantitative estimate of drug-likeness (QED) is 0.885. The average Bonchev–Trinajstić information content (AvgIpc) is 2.43. The predicted octanol–water partition coefficient (Wildman–Crippen LogP) is 4.24. The number of rotatable bonds is 4. The smallest absolute Gasteiger partial charge is 0.123 e. The van der Waals surface area contributed by atoms with Crippen LogP contribution in [0, 0.1) is 5.82 Å². The first-order valence-electron chi connectivity index (χ1n) is 6.89. The summed E-state index contributed by atoms with van der Waals surface area (Å²) in [5.74, 6) is 0.918. The van der Waals surface area contributed by atoms with Gasteiger partial charge in [-0.25, -0.2) is 4.39 Å². The minimum absolute atomic E-state index is 0.216. The van der Waals surface area contributed by atoms with Crippen LogP contribution in [0.3, 0.4) is 0 Å². The number of halogens is 2. The Hall–Kier alpha value is 0.1000. The molecule has 1 saturated heterocycles. The summed E-state index contributed by atoms with van der Waals surface area (Å²) in [6.07, 6.45) is 0.770. The van der Waals surface area contributed by atoms with Crippen molar-refractivity contribution in [3.63, 3.8) is 0 Å². The molecule has 1 heterocycles. The molecule has 4 unspecified atom stereocenters. The molecule has 1 fully saturated rings. The molecule has 1 aromatic rings. The van der Waals surface area contributed by atoms with E-state index in [0.717, 1.165) is 17.7 Å². The van der Waals surface area contributed by atoms with Gasteiger partial charge in [0.2, 0.25) is 0 Å². The fourth-order valence-corrected chi connectivity index (χ4v) is 5.74. The summed E-state index contributed by atoms with van der Waals surface area (Å²) in [5, 5.41) is 5.93. The Balaban J connectivity index is 2.07. The summed E-state index contributed by atoms with van der Waals surface area (Å²) in [5.41, 5.74) is 0.892. The molecule has 1 nitrogen and oxygen atoms in total.